The summed E-state index contributed by atoms with van der Waals surface area (Å²) in [5, 5.41) is 3.46. The van der Waals surface area contributed by atoms with Gasteiger partial charge in [-0.05, 0) is 0 Å². The van der Waals surface area contributed by atoms with Crippen molar-refractivity contribution in [1.29, 1.82) is 0 Å². The Hall–Kier alpha value is -2.22. The highest BCUT2D eigenvalue weighted by Crippen LogP contribution is 2.16. The van der Waals surface area contributed by atoms with Crippen LogP contribution in [0.4, 0.5) is 0 Å². The van der Waals surface area contributed by atoms with Gasteiger partial charge < -0.3 is 4.52 Å². The molecule has 17 heavy (non-hydrogen) atoms. The van der Waals surface area contributed by atoms with Gasteiger partial charge in [-0.2, -0.15) is 0 Å². The summed E-state index contributed by atoms with van der Waals surface area (Å²) in [6, 6.07) is 1.33. The minimum atomic E-state index is -0.598. The summed E-state index contributed by atoms with van der Waals surface area (Å²) < 4.78 is 4.83. The molecule has 0 saturated carbocycles. The van der Waals surface area contributed by atoms with E-state index in [1.807, 2.05) is 5.43 Å². The largest absolute Gasteiger partial charge is 0.359 e. The van der Waals surface area contributed by atoms with Crippen LogP contribution in [0.5, 0.6) is 0 Å². The van der Waals surface area contributed by atoms with E-state index in [0.29, 0.717) is 0 Å². The number of carbonyl (C=O) groups is 3. The number of imide groups is 1. The van der Waals surface area contributed by atoms with Crippen molar-refractivity contribution in [3.05, 3.63) is 17.5 Å². The SMILES string of the molecule is NNC(=O)c1cc(CN2C(=O)CCC2=O)on1. The number of hydrazine groups is 1. The molecule has 2 heterocycles. The predicted molar refractivity (Wildman–Crippen MR) is 52.9 cm³/mol. The Morgan fingerprint density at radius 2 is 2.12 bits per heavy atom. The molecule has 0 atom stereocenters. The number of nitrogens with two attached hydrogens (primary N) is 1. The van der Waals surface area contributed by atoms with Crippen molar-refractivity contribution >= 4 is 17.7 Å². The van der Waals surface area contributed by atoms with Crippen LogP contribution in [0.3, 0.4) is 0 Å². The van der Waals surface area contributed by atoms with Gasteiger partial charge in [0, 0.05) is 18.9 Å². The smallest absolute Gasteiger partial charge is 0.287 e. The number of hydrogen-bond donors (Lipinski definition) is 2. The number of aromatic nitrogens is 1. The Balaban J connectivity index is 2.09. The Morgan fingerprint density at radius 1 is 1.47 bits per heavy atom. The van der Waals surface area contributed by atoms with E-state index in [-0.39, 0.29) is 42.7 Å². The number of amides is 3. The molecule has 3 N–H and O–H groups in total. The molecule has 1 aliphatic rings. The zero-order chi connectivity index (χ0) is 12.4. The highest BCUT2D eigenvalue weighted by molar-refractivity contribution is 6.01. The van der Waals surface area contributed by atoms with Gasteiger partial charge in [-0.1, -0.05) is 5.16 Å². The molecular formula is C9H10N4O4. The predicted octanol–water partition coefficient (Wildman–Crippen LogP) is -1.07. The summed E-state index contributed by atoms with van der Waals surface area (Å²) in [7, 11) is 0. The third-order valence-corrected chi connectivity index (χ3v) is 2.39. The minimum absolute atomic E-state index is 0.00148. The van der Waals surface area contributed by atoms with Crippen LogP contribution in [0.1, 0.15) is 29.1 Å². The van der Waals surface area contributed by atoms with E-state index in [0.717, 1.165) is 4.90 Å². The van der Waals surface area contributed by atoms with Crippen LogP contribution in [0.15, 0.2) is 10.6 Å². The number of rotatable bonds is 3. The highest BCUT2D eigenvalue weighted by atomic mass is 16.5. The van der Waals surface area contributed by atoms with Crippen molar-refractivity contribution in [2.75, 3.05) is 0 Å². The van der Waals surface area contributed by atoms with Crippen molar-refractivity contribution in [2.45, 2.75) is 19.4 Å². The minimum Gasteiger partial charge on any atom is -0.359 e. The van der Waals surface area contributed by atoms with Crippen LogP contribution in [0.2, 0.25) is 0 Å². The Kier molecular flexibility index (Phi) is 2.88. The van der Waals surface area contributed by atoms with E-state index in [4.69, 9.17) is 10.4 Å². The number of likely N-dealkylation sites (tertiary alicyclic amines) is 1. The molecule has 0 aromatic carbocycles. The standard InChI is InChI=1S/C9H10N4O4/c10-11-9(16)6-3-5(17-12-6)4-13-7(14)1-2-8(13)15/h3H,1-2,4,10H2,(H,11,16). The lowest BCUT2D eigenvalue weighted by Crippen LogP contribution is -2.30. The van der Waals surface area contributed by atoms with Gasteiger partial charge >= 0.3 is 0 Å². The molecule has 3 amide bonds. The van der Waals surface area contributed by atoms with Gasteiger partial charge in [0.2, 0.25) is 11.8 Å². The van der Waals surface area contributed by atoms with Crippen LogP contribution in [-0.4, -0.2) is 27.8 Å². The van der Waals surface area contributed by atoms with Gasteiger partial charge in [0.1, 0.15) is 0 Å². The normalized spacial score (nSPS) is 15.5. The Morgan fingerprint density at radius 3 is 2.71 bits per heavy atom. The first-order valence-corrected chi connectivity index (χ1v) is 4.91. The Labute approximate surface area is 95.7 Å². The van der Waals surface area contributed by atoms with Gasteiger partial charge in [0.15, 0.2) is 11.5 Å². The summed E-state index contributed by atoms with van der Waals surface area (Å²) in [4.78, 5) is 34.8. The van der Waals surface area contributed by atoms with Crippen molar-refractivity contribution < 1.29 is 18.9 Å². The zero-order valence-electron chi connectivity index (χ0n) is 8.80. The van der Waals surface area contributed by atoms with E-state index in [1.165, 1.54) is 6.07 Å². The fraction of sp³-hybridized carbons (Fsp3) is 0.333. The van der Waals surface area contributed by atoms with Crippen molar-refractivity contribution in [3.63, 3.8) is 0 Å². The average Bonchev–Trinajstić information content (AvgIpc) is 2.90. The Bertz CT molecular complexity index is 465. The molecule has 8 nitrogen and oxygen atoms in total. The maximum absolute atomic E-state index is 11.3. The second-order valence-electron chi connectivity index (χ2n) is 3.53. The lowest BCUT2D eigenvalue weighted by atomic mass is 10.3. The van der Waals surface area contributed by atoms with Crippen molar-refractivity contribution in [3.8, 4) is 0 Å². The lowest BCUT2D eigenvalue weighted by molar-refractivity contribution is -0.139. The second kappa shape index (κ2) is 4.34. The first-order valence-electron chi connectivity index (χ1n) is 4.91. The van der Waals surface area contributed by atoms with Crippen LogP contribution in [-0.2, 0) is 16.1 Å². The first-order chi connectivity index (χ1) is 8.11. The fourth-order valence-electron chi connectivity index (χ4n) is 1.52. The van der Waals surface area contributed by atoms with Crippen LogP contribution in [0.25, 0.3) is 0 Å². The molecule has 0 spiro atoms. The summed E-state index contributed by atoms with van der Waals surface area (Å²) in [6.45, 7) is -0.0114. The maximum atomic E-state index is 11.3. The van der Waals surface area contributed by atoms with E-state index in [2.05, 4.69) is 5.16 Å². The van der Waals surface area contributed by atoms with Gasteiger partial charge in [-0.15, -0.1) is 0 Å². The number of hydrogen-bond acceptors (Lipinski definition) is 6. The van der Waals surface area contributed by atoms with Gasteiger partial charge in [0.25, 0.3) is 5.91 Å². The van der Waals surface area contributed by atoms with E-state index in [1.54, 1.807) is 0 Å². The van der Waals surface area contributed by atoms with Gasteiger partial charge in [0.05, 0.1) is 6.54 Å². The third kappa shape index (κ3) is 2.16. The van der Waals surface area contributed by atoms with E-state index < -0.39 is 5.91 Å². The van der Waals surface area contributed by atoms with Gasteiger partial charge in [-0.25, -0.2) is 5.84 Å². The zero-order valence-corrected chi connectivity index (χ0v) is 8.80. The maximum Gasteiger partial charge on any atom is 0.287 e. The molecule has 1 aromatic heterocycles. The molecule has 0 unspecified atom stereocenters. The average molecular weight is 238 g/mol. The molecule has 0 radical (unpaired) electrons. The second-order valence-corrected chi connectivity index (χ2v) is 3.53. The van der Waals surface area contributed by atoms with Crippen LogP contribution < -0.4 is 11.3 Å². The number of nitrogens with one attached hydrogen (secondary N) is 1. The molecule has 2 rings (SSSR count). The highest BCUT2D eigenvalue weighted by Gasteiger charge is 2.30. The van der Waals surface area contributed by atoms with Gasteiger partial charge in [-0.3, -0.25) is 24.7 Å². The quantitative estimate of drug-likeness (QED) is 0.299. The lowest BCUT2D eigenvalue weighted by Gasteiger charge is -2.10. The fourth-order valence-corrected chi connectivity index (χ4v) is 1.52. The molecule has 1 aliphatic heterocycles. The number of nitrogens with zero attached hydrogens (tertiary/aromatic N) is 2. The summed E-state index contributed by atoms with van der Waals surface area (Å²) in [6.07, 6.45) is 0.423. The third-order valence-electron chi connectivity index (χ3n) is 2.39. The summed E-state index contributed by atoms with van der Waals surface area (Å²) in [5.74, 6) is 4.07. The molecule has 8 heteroatoms. The topological polar surface area (TPSA) is 119 Å². The van der Waals surface area contributed by atoms with Crippen LogP contribution >= 0.6 is 0 Å². The van der Waals surface area contributed by atoms with E-state index in [9.17, 15) is 14.4 Å². The van der Waals surface area contributed by atoms with E-state index >= 15 is 0 Å². The molecule has 1 aromatic rings. The summed E-state index contributed by atoms with van der Waals surface area (Å²) >= 11 is 0. The molecule has 0 bridgehead atoms. The molecule has 1 saturated heterocycles. The molecule has 0 aliphatic carbocycles. The number of nitrogen functional groups attached to an aromatic ring is 1. The van der Waals surface area contributed by atoms with Crippen LogP contribution in [0, 0.1) is 0 Å². The van der Waals surface area contributed by atoms with Crippen molar-refractivity contribution in [1.82, 2.24) is 15.5 Å². The molecule has 1 fully saturated rings. The number of carbonyl (C=O) groups excluding carboxylic acids is 3. The molecular weight excluding hydrogens is 228 g/mol. The first kappa shape index (κ1) is 11.3. The molecule has 90 valence electrons. The van der Waals surface area contributed by atoms with Crippen molar-refractivity contribution in [2.24, 2.45) is 5.84 Å². The summed E-state index contributed by atoms with van der Waals surface area (Å²) in [5.41, 5.74) is 1.90. The monoisotopic (exact) mass is 238 g/mol.